The third kappa shape index (κ3) is 4.33. The first-order valence-electron chi connectivity index (χ1n) is 6.19. The molecule has 1 rings (SSSR count). The van der Waals surface area contributed by atoms with Gasteiger partial charge in [0.2, 0.25) is 5.91 Å². The molecule has 0 aromatic heterocycles. The highest BCUT2D eigenvalue weighted by Gasteiger charge is 2.50. The molecule has 0 bridgehead atoms. The summed E-state index contributed by atoms with van der Waals surface area (Å²) in [6.45, 7) is 4.00. The Hall–Kier alpha value is -1.03. The molecule has 1 amide bonds. The van der Waals surface area contributed by atoms with Crippen molar-refractivity contribution in [2.45, 2.75) is 39.5 Å². The minimum Gasteiger partial charge on any atom is -0.477 e. The van der Waals surface area contributed by atoms with Gasteiger partial charge in [0.15, 0.2) is 0 Å². The average molecular weight is 274 g/mol. The van der Waals surface area contributed by atoms with E-state index in [1.807, 2.05) is 13.8 Å². The zero-order valence-corrected chi connectivity index (χ0v) is 11.6. The van der Waals surface area contributed by atoms with E-state index in [1.54, 1.807) is 6.08 Å². The van der Waals surface area contributed by atoms with Gasteiger partial charge in [-0.1, -0.05) is 19.9 Å². The highest BCUT2D eigenvalue weighted by Crippen LogP contribution is 2.51. The number of unbranched alkanes of at least 4 members (excludes halogenated alkanes) is 2. The van der Waals surface area contributed by atoms with Crippen LogP contribution in [0.25, 0.3) is 0 Å². The average Bonchev–Trinajstić information content (AvgIpc) is 2.92. The molecular formula is C13H20ClNO3. The lowest BCUT2D eigenvalue weighted by molar-refractivity contribution is -0.135. The van der Waals surface area contributed by atoms with Crippen LogP contribution in [0.15, 0.2) is 11.8 Å². The highest BCUT2D eigenvalue weighted by atomic mass is 35.5. The van der Waals surface area contributed by atoms with Crippen LogP contribution in [-0.2, 0) is 9.59 Å². The Morgan fingerprint density at radius 3 is 2.50 bits per heavy atom. The maximum atomic E-state index is 11.8. The van der Waals surface area contributed by atoms with E-state index >= 15 is 0 Å². The fourth-order valence-corrected chi connectivity index (χ4v) is 2.00. The van der Waals surface area contributed by atoms with Gasteiger partial charge in [0.25, 0.3) is 0 Å². The summed E-state index contributed by atoms with van der Waals surface area (Å²) < 4.78 is 0. The van der Waals surface area contributed by atoms with Crippen LogP contribution in [0.2, 0.25) is 0 Å². The Balaban J connectivity index is 2.48. The van der Waals surface area contributed by atoms with Gasteiger partial charge in [0, 0.05) is 11.8 Å². The van der Waals surface area contributed by atoms with Crippen molar-refractivity contribution in [3.8, 4) is 0 Å². The second-order valence-electron chi connectivity index (χ2n) is 5.34. The van der Waals surface area contributed by atoms with Crippen molar-refractivity contribution in [1.82, 2.24) is 5.32 Å². The van der Waals surface area contributed by atoms with Crippen molar-refractivity contribution >= 4 is 23.5 Å². The normalized spacial score (nSPS) is 21.5. The molecule has 0 aliphatic heterocycles. The van der Waals surface area contributed by atoms with Gasteiger partial charge >= 0.3 is 5.97 Å². The molecule has 18 heavy (non-hydrogen) atoms. The van der Waals surface area contributed by atoms with E-state index in [2.05, 4.69) is 5.32 Å². The number of allylic oxidation sites excluding steroid dienone is 1. The lowest BCUT2D eigenvalue weighted by Gasteiger charge is -2.07. The van der Waals surface area contributed by atoms with Crippen molar-refractivity contribution in [2.24, 2.45) is 11.3 Å². The first kappa shape index (κ1) is 15.0. The molecule has 1 unspecified atom stereocenters. The summed E-state index contributed by atoms with van der Waals surface area (Å²) in [6, 6.07) is 0. The van der Waals surface area contributed by atoms with E-state index in [4.69, 9.17) is 16.7 Å². The SMILES string of the molecule is CC1(C)CC1C(=O)NC(=CCCCCCl)C(=O)O. The second-order valence-corrected chi connectivity index (χ2v) is 5.72. The molecule has 0 saturated heterocycles. The highest BCUT2D eigenvalue weighted by molar-refractivity contribution is 6.17. The summed E-state index contributed by atoms with van der Waals surface area (Å²) in [7, 11) is 0. The van der Waals surface area contributed by atoms with E-state index < -0.39 is 5.97 Å². The van der Waals surface area contributed by atoms with Crippen molar-refractivity contribution in [3.63, 3.8) is 0 Å². The third-order valence-electron chi connectivity index (χ3n) is 3.25. The van der Waals surface area contributed by atoms with Crippen LogP contribution in [0.4, 0.5) is 0 Å². The largest absolute Gasteiger partial charge is 0.477 e. The van der Waals surface area contributed by atoms with E-state index in [0.717, 1.165) is 19.3 Å². The van der Waals surface area contributed by atoms with E-state index in [1.165, 1.54) is 0 Å². The lowest BCUT2D eigenvalue weighted by atomic mass is 10.1. The van der Waals surface area contributed by atoms with Crippen LogP contribution in [0.1, 0.15) is 39.5 Å². The molecular weight excluding hydrogens is 254 g/mol. The number of halogens is 1. The number of nitrogens with one attached hydrogen (secondary N) is 1. The predicted molar refractivity (Wildman–Crippen MR) is 70.3 cm³/mol. The summed E-state index contributed by atoms with van der Waals surface area (Å²) in [4.78, 5) is 22.8. The molecule has 0 heterocycles. The van der Waals surface area contributed by atoms with Gasteiger partial charge in [0.05, 0.1) is 0 Å². The number of rotatable bonds is 7. The summed E-state index contributed by atoms with van der Waals surface area (Å²) >= 11 is 5.54. The van der Waals surface area contributed by atoms with Gasteiger partial charge in [-0.25, -0.2) is 4.79 Å². The minimum atomic E-state index is -1.09. The number of hydrogen-bond donors (Lipinski definition) is 2. The summed E-state index contributed by atoms with van der Waals surface area (Å²) in [5.41, 5.74) is -0.0101. The molecule has 0 spiro atoms. The fourth-order valence-electron chi connectivity index (χ4n) is 1.81. The van der Waals surface area contributed by atoms with Crippen LogP contribution in [0, 0.1) is 11.3 Å². The number of hydrogen-bond acceptors (Lipinski definition) is 2. The maximum absolute atomic E-state index is 11.8. The maximum Gasteiger partial charge on any atom is 0.352 e. The summed E-state index contributed by atoms with van der Waals surface area (Å²) in [6.07, 6.45) is 4.66. The second kappa shape index (κ2) is 6.23. The number of carbonyl (C=O) groups is 2. The molecule has 0 aromatic carbocycles. The van der Waals surface area contributed by atoms with Gasteiger partial charge in [0.1, 0.15) is 5.70 Å². The fraction of sp³-hybridized carbons (Fsp3) is 0.692. The Labute approximate surface area is 112 Å². The first-order valence-corrected chi connectivity index (χ1v) is 6.72. The quantitative estimate of drug-likeness (QED) is 0.426. The molecule has 2 N–H and O–H groups in total. The summed E-state index contributed by atoms with van der Waals surface area (Å²) in [5, 5.41) is 11.5. The van der Waals surface area contributed by atoms with Crippen LogP contribution in [-0.4, -0.2) is 22.9 Å². The molecule has 4 nitrogen and oxygen atoms in total. The minimum absolute atomic E-state index is 0.00627. The van der Waals surface area contributed by atoms with Gasteiger partial charge in [-0.15, -0.1) is 11.6 Å². The van der Waals surface area contributed by atoms with Crippen LogP contribution >= 0.6 is 11.6 Å². The number of carbonyl (C=O) groups excluding carboxylic acids is 1. The van der Waals surface area contributed by atoms with Crippen LogP contribution in [0.3, 0.4) is 0 Å². The predicted octanol–water partition coefficient (Wildman–Crippen LogP) is 2.53. The molecule has 1 atom stereocenters. The van der Waals surface area contributed by atoms with E-state index in [-0.39, 0.29) is 22.9 Å². The first-order chi connectivity index (χ1) is 8.38. The molecule has 1 aliphatic carbocycles. The Morgan fingerprint density at radius 1 is 1.44 bits per heavy atom. The van der Waals surface area contributed by atoms with Crippen molar-refractivity contribution in [3.05, 3.63) is 11.8 Å². The molecule has 1 aliphatic rings. The number of carboxylic acids is 1. The number of aliphatic carboxylic acids is 1. The zero-order valence-electron chi connectivity index (χ0n) is 10.8. The van der Waals surface area contributed by atoms with Crippen molar-refractivity contribution in [1.29, 1.82) is 0 Å². The van der Waals surface area contributed by atoms with E-state index in [9.17, 15) is 9.59 Å². The third-order valence-corrected chi connectivity index (χ3v) is 3.52. The molecule has 102 valence electrons. The van der Waals surface area contributed by atoms with Crippen molar-refractivity contribution < 1.29 is 14.7 Å². The Kier molecular flexibility index (Phi) is 5.20. The van der Waals surface area contributed by atoms with Gasteiger partial charge in [-0.3, -0.25) is 4.79 Å². The number of alkyl halides is 1. The Bertz CT molecular complexity index is 363. The monoisotopic (exact) mass is 273 g/mol. The van der Waals surface area contributed by atoms with Gasteiger partial charge < -0.3 is 10.4 Å². The molecule has 5 heteroatoms. The molecule has 0 radical (unpaired) electrons. The van der Waals surface area contributed by atoms with Gasteiger partial charge in [-0.2, -0.15) is 0 Å². The van der Waals surface area contributed by atoms with Crippen LogP contribution in [0.5, 0.6) is 0 Å². The van der Waals surface area contributed by atoms with E-state index in [0.29, 0.717) is 12.3 Å². The van der Waals surface area contributed by atoms with Crippen LogP contribution < -0.4 is 5.32 Å². The lowest BCUT2D eigenvalue weighted by Crippen LogP contribution is -2.29. The topological polar surface area (TPSA) is 66.4 Å². The molecule has 0 aromatic rings. The standard InChI is InChI=1S/C13H20ClNO3/c1-13(2)8-9(13)11(16)15-10(12(17)18)6-4-3-5-7-14/h6,9H,3-5,7-8H2,1-2H3,(H,15,16)(H,17,18). The zero-order chi connectivity index (χ0) is 13.8. The number of carboxylic acid groups (broad SMARTS) is 1. The number of amides is 1. The molecule has 1 fully saturated rings. The van der Waals surface area contributed by atoms with Gasteiger partial charge in [-0.05, 0) is 31.1 Å². The van der Waals surface area contributed by atoms with Crippen molar-refractivity contribution in [2.75, 3.05) is 5.88 Å². The Morgan fingerprint density at radius 2 is 2.06 bits per heavy atom. The summed E-state index contributed by atoms with van der Waals surface area (Å²) in [5.74, 6) is -0.777. The smallest absolute Gasteiger partial charge is 0.352 e. The molecule has 1 saturated carbocycles.